The van der Waals surface area contributed by atoms with Gasteiger partial charge in [-0.1, -0.05) is 33.2 Å². The molecule has 0 heterocycles. The van der Waals surface area contributed by atoms with Crippen molar-refractivity contribution in [1.82, 2.24) is 0 Å². The molecule has 0 fully saturated rings. The standard InChI is InChI=1S/C33H36O10/c1-6-30(34)40-19-24-12-25(20-41-31(35)7-2)15-28(14-24)38-11-10-23(5)18-39-29-16-26(21-42-32(36)8-3)13-27(17-29)22-43-33(37)9-4/h6-9,12-17,23H,1-4,10-11,18-22H2,5H3. The van der Waals surface area contributed by atoms with Gasteiger partial charge in [0.25, 0.3) is 0 Å². The molecule has 0 aliphatic rings. The van der Waals surface area contributed by atoms with Crippen molar-refractivity contribution in [3.63, 3.8) is 0 Å². The van der Waals surface area contributed by atoms with Crippen molar-refractivity contribution in [2.24, 2.45) is 5.92 Å². The lowest BCUT2D eigenvalue weighted by molar-refractivity contribution is -0.140. The maximum atomic E-state index is 11.5. The molecule has 0 spiro atoms. The lowest BCUT2D eigenvalue weighted by Crippen LogP contribution is -2.13. The fourth-order valence-corrected chi connectivity index (χ4v) is 3.51. The van der Waals surface area contributed by atoms with E-state index in [-0.39, 0.29) is 32.3 Å². The minimum atomic E-state index is -0.562. The van der Waals surface area contributed by atoms with E-state index in [1.807, 2.05) is 6.92 Å². The van der Waals surface area contributed by atoms with Crippen LogP contribution in [-0.4, -0.2) is 37.1 Å². The molecule has 0 N–H and O–H groups in total. The Morgan fingerprint density at radius 3 is 1.23 bits per heavy atom. The van der Waals surface area contributed by atoms with E-state index in [2.05, 4.69) is 26.3 Å². The van der Waals surface area contributed by atoms with Gasteiger partial charge in [0.05, 0.1) is 13.2 Å². The van der Waals surface area contributed by atoms with E-state index >= 15 is 0 Å². The number of hydrogen-bond acceptors (Lipinski definition) is 10. The number of carbonyl (C=O) groups is 4. The Balaban J connectivity index is 2.01. The van der Waals surface area contributed by atoms with E-state index in [9.17, 15) is 19.2 Å². The number of benzene rings is 2. The van der Waals surface area contributed by atoms with E-state index in [4.69, 9.17) is 28.4 Å². The average Bonchev–Trinajstić information content (AvgIpc) is 3.02. The van der Waals surface area contributed by atoms with E-state index in [0.717, 1.165) is 24.3 Å². The van der Waals surface area contributed by atoms with Gasteiger partial charge in [0.2, 0.25) is 0 Å². The number of carbonyl (C=O) groups excluding carboxylic acids is 4. The summed E-state index contributed by atoms with van der Waals surface area (Å²) >= 11 is 0. The van der Waals surface area contributed by atoms with Crippen molar-refractivity contribution in [1.29, 1.82) is 0 Å². The summed E-state index contributed by atoms with van der Waals surface area (Å²) in [5.41, 5.74) is 2.62. The molecule has 2 aromatic carbocycles. The van der Waals surface area contributed by atoms with Crippen LogP contribution in [0.4, 0.5) is 0 Å². The van der Waals surface area contributed by atoms with Crippen LogP contribution in [0.1, 0.15) is 35.6 Å². The van der Waals surface area contributed by atoms with Gasteiger partial charge in [-0.25, -0.2) is 19.2 Å². The van der Waals surface area contributed by atoms with Crippen molar-refractivity contribution in [3.8, 4) is 11.5 Å². The largest absolute Gasteiger partial charge is 0.494 e. The van der Waals surface area contributed by atoms with Crippen LogP contribution < -0.4 is 9.47 Å². The van der Waals surface area contributed by atoms with Crippen LogP contribution in [0.3, 0.4) is 0 Å². The van der Waals surface area contributed by atoms with E-state index in [1.165, 1.54) is 0 Å². The molecule has 1 unspecified atom stereocenters. The Bertz CT molecular complexity index is 1240. The van der Waals surface area contributed by atoms with Crippen molar-refractivity contribution in [2.45, 2.75) is 39.8 Å². The maximum absolute atomic E-state index is 11.5. The Hall–Kier alpha value is -5.12. The Kier molecular flexibility index (Phi) is 14.5. The Morgan fingerprint density at radius 1 is 0.581 bits per heavy atom. The van der Waals surface area contributed by atoms with Crippen LogP contribution in [-0.2, 0) is 64.6 Å². The fraction of sp³-hybridized carbons (Fsp3) is 0.273. The van der Waals surface area contributed by atoms with E-state index < -0.39 is 23.9 Å². The zero-order valence-corrected chi connectivity index (χ0v) is 24.2. The van der Waals surface area contributed by atoms with Gasteiger partial charge in [-0.3, -0.25) is 0 Å². The van der Waals surface area contributed by atoms with Crippen molar-refractivity contribution in [2.75, 3.05) is 13.2 Å². The highest BCUT2D eigenvalue weighted by molar-refractivity contribution is 5.82. The molecule has 0 aromatic heterocycles. The fourth-order valence-electron chi connectivity index (χ4n) is 3.51. The van der Waals surface area contributed by atoms with Gasteiger partial charge in [0, 0.05) is 24.3 Å². The minimum absolute atomic E-state index is 0.00463. The molecule has 1 atom stereocenters. The van der Waals surface area contributed by atoms with Gasteiger partial charge >= 0.3 is 23.9 Å². The second-order valence-electron chi connectivity index (χ2n) is 9.27. The third kappa shape index (κ3) is 13.4. The zero-order valence-electron chi connectivity index (χ0n) is 24.2. The lowest BCUT2D eigenvalue weighted by Gasteiger charge is -2.16. The molecule has 10 nitrogen and oxygen atoms in total. The van der Waals surface area contributed by atoms with Gasteiger partial charge in [-0.15, -0.1) is 0 Å². The molecule has 0 bridgehead atoms. The number of rotatable bonds is 19. The molecule has 0 aliphatic carbocycles. The molecule has 0 saturated heterocycles. The molecule has 0 amide bonds. The normalized spacial score (nSPS) is 10.8. The second kappa shape index (κ2) is 18.3. The molecular formula is C33H36O10. The van der Waals surface area contributed by atoms with Gasteiger partial charge in [0.1, 0.15) is 37.9 Å². The molecule has 0 aliphatic heterocycles. The SMILES string of the molecule is C=CC(=O)OCc1cc(COC(=O)C=C)cc(OCCC(C)COc2cc(COC(=O)C=C)cc(COC(=O)C=C)c2)c1. The summed E-state index contributed by atoms with van der Waals surface area (Å²) in [7, 11) is 0. The molecular weight excluding hydrogens is 556 g/mol. The third-order valence-electron chi connectivity index (χ3n) is 5.66. The molecule has 2 aromatic rings. The van der Waals surface area contributed by atoms with Gasteiger partial charge in [-0.2, -0.15) is 0 Å². The summed E-state index contributed by atoms with van der Waals surface area (Å²) in [6.07, 6.45) is 4.93. The van der Waals surface area contributed by atoms with Crippen molar-refractivity contribution in [3.05, 3.63) is 109 Å². The molecule has 228 valence electrons. The summed E-state index contributed by atoms with van der Waals surface area (Å²) in [5.74, 6) is -1.13. The Morgan fingerprint density at radius 2 is 0.907 bits per heavy atom. The first kappa shape index (κ1) is 34.1. The van der Waals surface area contributed by atoms with E-state index in [0.29, 0.717) is 53.4 Å². The van der Waals surface area contributed by atoms with Crippen molar-refractivity contribution < 1.29 is 47.6 Å². The predicted molar refractivity (Wildman–Crippen MR) is 158 cm³/mol. The van der Waals surface area contributed by atoms with Gasteiger partial charge < -0.3 is 28.4 Å². The summed E-state index contributed by atoms with van der Waals surface area (Å²) < 4.78 is 32.4. The third-order valence-corrected chi connectivity index (χ3v) is 5.66. The summed E-state index contributed by atoms with van der Waals surface area (Å²) in [4.78, 5) is 46.0. The smallest absolute Gasteiger partial charge is 0.330 e. The number of ether oxygens (including phenoxy) is 6. The highest BCUT2D eigenvalue weighted by atomic mass is 16.5. The van der Waals surface area contributed by atoms with Crippen LogP contribution in [0.5, 0.6) is 11.5 Å². The van der Waals surface area contributed by atoms with Crippen LogP contribution >= 0.6 is 0 Å². The first-order chi connectivity index (χ1) is 20.6. The monoisotopic (exact) mass is 592 g/mol. The average molecular weight is 593 g/mol. The van der Waals surface area contributed by atoms with Crippen LogP contribution in [0, 0.1) is 5.92 Å². The molecule has 0 radical (unpaired) electrons. The summed E-state index contributed by atoms with van der Waals surface area (Å²) in [5, 5.41) is 0. The maximum Gasteiger partial charge on any atom is 0.330 e. The predicted octanol–water partition coefficient (Wildman–Crippen LogP) is 5.09. The molecule has 2 rings (SSSR count). The van der Waals surface area contributed by atoms with Crippen LogP contribution in [0.25, 0.3) is 0 Å². The van der Waals surface area contributed by atoms with Gasteiger partial charge in [0.15, 0.2) is 0 Å². The zero-order chi connectivity index (χ0) is 31.6. The first-order valence-corrected chi connectivity index (χ1v) is 13.3. The summed E-state index contributed by atoms with van der Waals surface area (Å²) in [6.45, 7) is 16.2. The van der Waals surface area contributed by atoms with Crippen LogP contribution in [0.15, 0.2) is 87.0 Å². The molecule has 0 saturated carbocycles. The second-order valence-corrected chi connectivity index (χ2v) is 9.27. The molecule has 10 heteroatoms. The number of esters is 4. The lowest BCUT2D eigenvalue weighted by atomic mass is 10.1. The highest BCUT2D eigenvalue weighted by Crippen LogP contribution is 2.22. The van der Waals surface area contributed by atoms with Gasteiger partial charge in [-0.05, 0) is 71.0 Å². The van der Waals surface area contributed by atoms with Crippen molar-refractivity contribution >= 4 is 23.9 Å². The minimum Gasteiger partial charge on any atom is -0.494 e. The highest BCUT2D eigenvalue weighted by Gasteiger charge is 2.11. The number of hydrogen-bond donors (Lipinski definition) is 0. The first-order valence-electron chi connectivity index (χ1n) is 13.3. The van der Waals surface area contributed by atoms with E-state index in [1.54, 1.807) is 36.4 Å². The Labute approximate surface area is 251 Å². The quantitative estimate of drug-likeness (QED) is 0.124. The van der Waals surface area contributed by atoms with Crippen LogP contribution in [0.2, 0.25) is 0 Å². The molecule has 43 heavy (non-hydrogen) atoms. The summed E-state index contributed by atoms with van der Waals surface area (Å²) in [6, 6.07) is 10.4. The topological polar surface area (TPSA) is 124 Å².